The van der Waals surface area contributed by atoms with E-state index in [9.17, 15) is 4.21 Å². The number of nitrogen functional groups attached to an aromatic ring is 1. The molecule has 0 amide bonds. The van der Waals surface area contributed by atoms with Gasteiger partial charge in [0.1, 0.15) is 0 Å². The minimum absolute atomic E-state index is 0.746. The van der Waals surface area contributed by atoms with Gasteiger partial charge in [-0.25, -0.2) is 0 Å². The first kappa shape index (κ1) is 13.6. The van der Waals surface area contributed by atoms with E-state index in [0.717, 1.165) is 39.8 Å². The molecule has 1 aromatic rings. The van der Waals surface area contributed by atoms with E-state index in [1.165, 1.54) is 0 Å². The molecule has 0 bridgehead atoms. The van der Waals surface area contributed by atoms with Crippen molar-refractivity contribution in [2.24, 2.45) is 0 Å². The summed E-state index contributed by atoms with van der Waals surface area (Å²) in [5.74, 6) is 2.97. The summed E-state index contributed by atoms with van der Waals surface area (Å²) in [5, 5.41) is 0. The van der Waals surface area contributed by atoms with Crippen LogP contribution >= 0.6 is 11.8 Å². The summed E-state index contributed by atoms with van der Waals surface area (Å²) in [7, 11) is -0.874. The van der Waals surface area contributed by atoms with Crippen LogP contribution in [0.4, 0.5) is 5.69 Å². The molecule has 0 radical (unpaired) electrons. The van der Waals surface area contributed by atoms with E-state index in [0.29, 0.717) is 0 Å². The Morgan fingerprint density at radius 1 is 1.44 bits per heavy atom. The normalized spacial score (nSPS) is 12.6. The maximum absolute atomic E-state index is 11.9. The van der Waals surface area contributed by atoms with Crippen molar-refractivity contribution in [3.05, 3.63) is 23.8 Å². The van der Waals surface area contributed by atoms with Gasteiger partial charge in [-0.2, -0.15) is 11.8 Å². The smallest absolute Gasteiger partial charge is 0.0529 e. The van der Waals surface area contributed by atoms with Gasteiger partial charge in [0.2, 0.25) is 0 Å². The highest BCUT2D eigenvalue weighted by atomic mass is 32.2. The number of hydrogen-bond acceptors (Lipinski definition) is 3. The fourth-order valence-electron chi connectivity index (χ4n) is 1.34. The summed E-state index contributed by atoms with van der Waals surface area (Å²) in [5.41, 5.74) is 7.50. The van der Waals surface area contributed by atoms with Crippen LogP contribution in [0.5, 0.6) is 0 Å². The Labute approximate surface area is 104 Å². The molecule has 2 nitrogen and oxygen atoms in total. The van der Waals surface area contributed by atoms with E-state index in [1.807, 2.05) is 36.9 Å². The molecule has 1 aromatic carbocycles. The molecule has 90 valence electrons. The van der Waals surface area contributed by atoms with Crippen molar-refractivity contribution in [2.45, 2.75) is 25.2 Å². The van der Waals surface area contributed by atoms with Crippen molar-refractivity contribution in [1.29, 1.82) is 0 Å². The Bertz CT molecular complexity index is 366. The van der Waals surface area contributed by atoms with E-state index in [2.05, 4.69) is 6.92 Å². The topological polar surface area (TPSA) is 43.1 Å². The fourth-order valence-corrected chi connectivity index (χ4v) is 3.33. The third-order valence-corrected chi connectivity index (χ3v) is 4.75. The summed E-state index contributed by atoms with van der Waals surface area (Å²) in [6.45, 7) is 4.09. The molecule has 0 saturated heterocycles. The lowest BCUT2D eigenvalue weighted by Crippen LogP contribution is -2.01. The second-order valence-electron chi connectivity index (χ2n) is 3.62. The average molecular weight is 257 g/mol. The van der Waals surface area contributed by atoms with Gasteiger partial charge in [0.25, 0.3) is 0 Å². The van der Waals surface area contributed by atoms with Gasteiger partial charge in [-0.15, -0.1) is 0 Å². The molecule has 16 heavy (non-hydrogen) atoms. The number of anilines is 1. The molecule has 0 aromatic heterocycles. The number of nitrogens with two attached hydrogens (primary N) is 1. The first-order valence-corrected chi connectivity index (χ1v) is 7.94. The Hall–Kier alpha value is -0.480. The van der Waals surface area contributed by atoms with Gasteiger partial charge in [0.05, 0.1) is 10.8 Å². The zero-order valence-electron chi connectivity index (χ0n) is 9.86. The molecule has 0 aliphatic heterocycles. The number of hydrogen-bond donors (Lipinski definition) is 1. The highest BCUT2D eigenvalue weighted by molar-refractivity contribution is 7.99. The van der Waals surface area contributed by atoms with E-state index in [4.69, 9.17) is 5.73 Å². The molecule has 1 atom stereocenters. The molecule has 0 fully saturated rings. The number of rotatable bonds is 6. The first-order chi connectivity index (χ1) is 7.65. The van der Waals surface area contributed by atoms with Crippen LogP contribution in [-0.4, -0.2) is 21.5 Å². The second-order valence-corrected chi connectivity index (χ2v) is 6.58. The Morgan fingerprint density at radius 3 is 2.81 bits per heavy atom. The molecular weight excluding hydrogens is 238 g/mol. The van der Waals surface area contributed by atoms with Gasteiger partial charge in [0.15, 0.2) is 0 Å². The highest BCUT2D eigenvalue weighted by Gasteiger charge is 2.04. The highest BCUT2D eigenvalue weighted by Crippen LogP contribution is 2.16. The van der Waals surface area contributed by atoms with Gasteiger partial charge in [-0.05, 0) is 48.6 Å². The molecule has 2 N–H and O–H groups in total. The van der Waals surface area contributed by atoms with E-state index in [-0.39, 0.29) is 0 Å². The fraction of sp³-hybridized carbons (Fsp3) is 0.500. The summed E-state index contributed by atoms with van der Waals surface area (Å²) in [6.07, 6.45) is 1.01. The van der Waals surface area contributed by atoms with Crippen LogP contribution in [0, 0.1) is 6.92 Å². The maximum Gasteiger partial charge on any atom is 0.0529 e. The number of benzene rings is 1. The van der Waals surface area contributed by atoms with Crippen molar-refractivity contribution in [3.8, 4) is 0 Å². The summed E-state index contributed by atoms with van der Waals surface area (Å²) >= 11 is 1.90. The predicted octanol–water partition coefficient (Wildman–Crippen LogP) is 2.83. The number of aryl methyl sites for hydroxylation is 1. The van der Waals surface area contributed by atoms with Crippen LogP contribution in [0.1, 0.15) is 18.9 Å². The standard InChI is InChI=1S/C12H19NOS2/c1-3-15-7-4-8-16(14)11-5-6-12(13)10(2)9-11/h5-6,9H,3-4,7-8,13H2,1-2H3. The van der Waals surface area contributed by atoms with E-state index >= 15 is 0 Å². The largest absolute Gasteiger partial charge is 0.399 e. The van der Waals surface area contributed by atoms with Crippen molar-refractivity contribution in [1.82, 2.24) is 0 Å². The SMILES string of the molecule is CCSCCCS(=O)c1ccc(N)c(C)c1. The molecule has 0 spiro atoms. The van der Waals surface area contributed by atoms with Crippen molar-refractivity contribution >= 4 is 28.2 Å². The molecule has 0 saturated carbocycles. The van der Waals surface area contributed by atoms with Crippen molar-refractivity contribution < 1.29 is 4.21 Å². The second kappa shape index (κ2) is 6.97. The average Bonchev–Trinajstić information content (AvgIpc) is 2.28. The van der Waals surface area contributed by atoms with Gasteiger partial charge in [0, 0.05) is 16.3 Å². The predicted molar refractivity (Wildman–Crippen MR) is 74.5 cm³/mol. The minimum atomic E-state index is -0.874. The monoisotopic (exact) mass is 257 g/mol. The van der Waals surface area contributed by atoms with E-state index in [1.54, 1.807) is 0 Å². The van der Waals surface area contributed by atoms with Gasteiger partial charge >= 0.3 is 0 Å². The third-order valence-electron chi connectivity index (χ3n) is 2.33. The Morgan fingerprint density at radius 2 is 2.19 bits per heavy atom. The van der Waals surface area contributed by atoms with Crippen LogP contribution in [0.15, 0.2) is 23.1 Å². The quantitative estimate of drug-likeness (QED) is 0.629. The summed E-state index contributed by atoms with van der Waals surface area (Å²) in [6, 6.07) is 5.63. The molecule has 0 aliphatic rings. The lowest BCUT2D eigenvalue weighted by atomic mass is 10.2. The van der Waals surface area contributed by atoms with Gasteiger partial charge in [-0.1, -0.05) is 6.92 Å². The van der Waals surface area contributed by atoms with E-state index < -0.39 is 10.8 Å². The van der Waals surface area contributed by atoms with Crippen LogP contribution in [0.25, 0.3) is 0 Å². The maximum atomic E-state index is 11.9. The molecule has 0 aliphatic carbocycles. The zero-order chi connectivity index (χ0) is 12.0. The molecule has 0 heterocycles. The Balaban J connectivity index is 2.50. The zero-order valence-corrected chi connectivity index (χ0v) is 11.5. The molecular formula is C12H19NOS2. The van der Waals surface area contributed by atoms with Crippen LogP contribution in [-0.2, 0) is 10.8 Å². The molecule has 1 unspecified atom stereocenters. The number of thioether (sulfide) groups is 1. The Kier molecular flexibility index (Phi) is 5.91. The molecule has 4 heteroatoms. The summed E-state index contributed by atoms with van der Waals surface area (Å²) < 4.78 is 11.9. The van der Waals surface area contributed by atoms with Crippen molar-refractivity contribution in [2.75, 3.05) is 23.0 Å². The lowest BCUT2D eigenvalue weighted by Gasteiger charge is -2.05. The van der Waals surface area contributed by atoms with Crippen LogP contribution < -0.4 is 5.73 Å². The summed E-state index contributed by atoms with van der Waals surface area (Å²) in [4.78, 5) is 0.896. The van der Waals surface area contributed by atoms with Gasteiger partial charge in [-0.3, -0.25) is 4.21 Å². The minimum Gasteiger partial charge on any atom is -0.399 e. The molecule has 1 rings (SSSR count). The first-order valence-electron chi connectivity index (χ1n) is 5.47. The lowest BCUT2D eigenvalue weighted by molar-refractivity contribution is 0.682. The third kappa shape index (κ3) is 4.18. The van der Waals surface area contributed by atoms with Gasteiger partial charge < -0.3 is 5.73 Å². The van der Waals surface area contributed by atoms with Crippen LogP contribution in [0.2, 0.25) is 0 Å². The van der Waals surface area contributed by atoms with Crippen molar-refractivity contribution in [3.63, 3.8) is 0 Å². The van der Waals surface area contributed by atoms with Crippen LogP contribution in [0.3, 0.4) is 0 Å².